The molecule has 0 aliphatic heterocycles. The molecule has 0 aliphatic rings. The zero-order chi connectivity index (χ0) is 17.0. The Balaban J connectivity index is 2.49. The minimum absolute atomic E-state index is 0.0922. The average Bonchev–Trinajstić information content (AvgIpc) is 2.53. The minimum atomic E-state index is -4.43. The summed E-state index contributed by atoms with van der Waals surface area (Å²) in [5, 5.41) is 0. The molecule has 1 nitrogen and oxygen atoms in total. The molecule has 0 amide bonds. The van der Waals surface area contributed by atoms with Crippen molar-refractivity contribution in [2.24, 2.45) is 4.99 Å². The molecule has 2 aromatic carbocycles. The highest BCUT2D eigenvalue weighted by atomic mass is 19.4. The van der Waals surface area contributed by atoms with Crippen molar-refractivity contribution in [2.75, 3.05) is 0 Å². The molecule has 0 saturated heterocycles. The smallest absolute Gasteiger partial charge is 0.253 e. The van der Waals surface area contributed by atoms with Crippen LogP contribution in [-0.4, -0.2) is 5.71 Å². The lowest BCUT2D eigenvalue weighted by molar-refractivity contribution is -0.137. The van der Waals surface area contributed by atoms with Gasteiger partial charge in [-0.3, -0.25) is 4.99 Å². The number of alkyl halides is 3. The fourth-order valence-corrected chi connectivity index (χ4v) is 2.22. The lowest BCUT2D eigenvalue weighted by Gasteiger charge is -2.11. The van der Waals surface area contributed by atoms with Crippen molar-refractivity contribution in [3.05, 3.63) is 77.9 Å². The van der Waals surface area contributed by atoms with Crippen LogP contribution < -0.4 is 0 Å². The van der Waals surface area contributed by atoms with E-state index in [4.69, 9.17) is 0 Å². The van der Waals surface area contributed by atoms with Gasteiger partial charge in [-0.1, -0.05) is 49.6 Å². The maximum absolute atomic E-state index is 13.0. The molecule has 4 heteroatoms. The molecule has 0 aliphatic carbocycles. The quantitative estimate of drug-likeness (QED) is 0.602. The first kappa shape index (κ1) is 16.7. The van der Waals surface area contributed by atoms with Crippen LogP contribution >= 0.6 is 0 Å². The van der Waals surface area contributed by atoms with Gasteiger partial charge in [0.2, 0.25) is 0 Å². The Labute approximate surface area is 133 Å². The first-order valence-corrected chi connectivity index (χ1v) is 6.97. The molecular formula is C19H16F3N. The molecule has 0 fully saturated rings. The van der Waals surface area contributed by atoms with E-state index in [0.29, 0.717) is 5.71 Å². The summed E-state index contributed by atoms with van der Waals surface area (Å²) in [7, 11) is 0. The van der Waals surface area contributed by atoms with Crippen LogP contribution in [0.15, 0.2) is 60.6 Å². The summed E-state index contributed by atoms with van der Waals surface area (Å²) in [6, 6.07) is 10.8. The van der Waals surface area contributed by atoms with E-state index in [-0.39, 0.29) is 5.69 Å². The average molecular weight is 315 g/mol. The molecule has 2 aromatic rings. The van der Waals surface area contributed by atoms with E-state index >= 15 is 0 Å². The molecule has 0 bridgehead atoms. The van der Waals surface area contributed by atoms with Crippen LogP contribution in [0.25, 0.3) is 12.2 Å². The van der Waals surface area contributed by atoms with Crippen LogP contribution in [0.1, 0.15) is 29.2 Å². The fraction of sp³-hybridized carbons (Fsp3) is 0.105. The van der Waals surface area contributed by atoms with Crippen molar-refractivity contribution >= 4 is 23.6 Å². The molecular weight excluding hydrogens is 299 g/mol. The van der Waals surface area contributed by atoms with Gasteiger partial charge in [-0.15, -0.1) is 0 Å². The van der Waals surface area contributed by atoms with E-state index < -0.39 is 11.7 Å². The second-order valence-electron chi connectivity index (χ2n) is 4.96. The summed E-state index contributed by atoms with van der Waals surface area (Å²) in [6.07, 6.45) is -1.05. The maximum Gasteiger partial charge on any atom is 0.418 e. The predicted octanol–water partition coefficient (Wildman–Crippen LogP) is 6.13. The topological polar surface area (TPSA) is 12.4 Å². The number of aliphatic imine (C=N–C) groups is 1. The SMILES string of the molecule is C=Cc1ccc(C(C)=Nc2ccccc2C(F)(F)F)cc1C=C. The van der Waals surface area contributed by atoms with E-state index in [1.165, 1.54) is 18.2 Å². The Hall–Kier alpha value is -2.62. The van der Waals surface area contributed by atoms with E-state index in [2.05, 4.69) is 18.2 Å². The second kappa shape index (κ2) is 6.65. The Morgan fingerprint density at radius 3 is 2.26 bits per heavy atom. The van der Waals surface area contributed by atoms with Crippen LogP contribution in [0.3, 0.4) is 0 Å². The summed E-state index contributed by atoms with van der Waals surface area (Å²) in [5.74, 6) is 0. The van der Waals surface area contributed by atoms with E-state index in [9.17, 15) is 13.2 Å². The van der Waals surface area contributed by atoms with Gasteiger partial charge in [0.15, 0.2) is 0 Å². The highest BCUT2D eigenvalue weighted by Crippen LogP contribution is 2.36. The van der Waals surface area contributed by atoms with E-state index in [1.54, 1.807) is 25.1 Å². The number of hydrogen-bond acceptors (Lipinski definition) is 1. The molecule has 0 N–H and O–H groups in total. The Kier molecular flexibility index (Phi) is 4.84. The van der Waals surface area contributed by atoms with Gasteiger partial charge in [-0.05, 0) is 41.8 Å². The summed E-state index contributed by atoms with van der Waals surface area (Å²) < 4.78 is 39.1. The monoisotopic (exact) mass is 315 g/mol. The molecule has 0 aromatic heterocycles. The summed E-state index contributed by atoms with van der Waals surface area (Å²) in [5.41, 5.74) is 2.17. The maximum atomic E-state index is 13.0. The molecule has 23 heavy (non-hydrogen) atoms. The molecule has 0 radical (unpaired) electrons. The fourth-order valence-electron chi connectivity index (χ4n) is 2.22. The lowest BCUT2D eigenvalue weighted by Crippen LogP contribution is -2.05. The lowest BCUT2D eigenvalue weighted by atomic mass is 10.0. The van der Waals surface area contributed by atoms with Gasteiger partial charge < -0.3 is 0 Å². The first-order valence-electron chi connectivity index (χ1n) is 6.97. The van der Waals surface area contributed by atoms with Gasteiger partial charge in [0.25, 0.3) is 0 Å². The van der Waals surface area contributed by atoms with Gasteiger partial charge in [-0.25, -0.2) is 0 Å². The van der Waals surface area contributed by atoms with Crippen molar-refractivity contribution in [2.45, 2.75) is 13.1 Å². The van der Waals surface area contributed by atoms with Gasteiger partial charge in [0.1, 0.15) is 0 Å². The van der Waals surface area contributed by atoms with Gasteiger partial charge in [-0.2, -0.15) is 13.2 Å². The molecule has 0 heterocycles. The zero-order valence-electron chi connectivity index (χ0n) is 12.7. The van der Waals surface area contributed by atoms with Crippen molar-refractivity contribution in [3.63, 3.8) is 0 Å². The van der Waals surface area contributed by atoms with Crippen molar-refractivity contribution in [1.29, 1.82) is 0 Å². The van der Waals surface area contributed by atoms with E-state index in [1.807, 2.05) is 12.1 Å². The van der Waals surface area contributed by atoms with Crippen LogP contribution in [-0.2, 0) is 6.18 Å². The molecule has 0 atom stereocenters. The van der Waals surface area contributed by atoms with Crippen LogP contribution in [0.5, 0.6) is 0 Å². The number of para-hydroxylation sites is 1. The predicted molar refractivity (Wildman–Crippen MR) is 89.9 cm³/mol. The standard InChI is InChI=1S/C19H16F3N/c1-4-14-10-11-16(12-15(14)5-2)13(3)23-18-9-7-6-8-17(18)19(20,21)22/h4-12H,1-2H2,3H3. The van der Waals surface area contributed by atoms with Crippen LogP contribution in [0.2, 0.25) is 0 Å². The number of rotatable bonds is 4. The van der Waals surface area contributed by atoms with Crippen LogP contribution in [0, 0.1) is 0 Å². The molecule has 0 spiro atoms. The summed E-state index contributed by atoms with van der Waals surface area (Å²) in [6.45, 7) is 9.13. The number of nitrogens with zero attached hydrogens (tertiary/aromatic N) is 1. The summed E-state index contributed by atoms with van der Waals surface area (Å²) in [4.78, 5) is 4.16. The summed E-state index contributed by atoms with van der Waals surface area (Å²) >= 11 is 0. The molecule has 0 unspecified atom stereocenters. The largest absolute Gasteiger partial charge is 0.418 e. The van der Waals surface area contributed by atoms with Crippen molar-refractivity contribution < 1.29 is 13.2 Å². The molecule has 0 saturated carbocycles. The van der Waals surface area contributed by atoms with Gasteiger partial charge >= 0.3 is 6.18 Å². The molecule has 2 rings (SSSR count). The normalized spacial score (nSPS) is 12.1. The van der Waals surface area contributed by atoms with Gasteiger partial charge in [0, 0.05) is 5.71 Å². The zero-order valence-corrected chi connectivity index (χ0v) is 12.7. The Morgan fingerprint density at radius 1 is 1.00 bits per heavy atom. The van der Waals surface area contributed by atoms with Gasteiger partial charge in [0.05, 0.1) is 11.3 Å². The second-order valence-corrected chi connectivity index (χ2v) is 4.96. The first-order chi connectivity index (χ1) is 10.9. The highest BCUT2D eigenvalue weighted by molar-refractivity contribution is 6.01. The number of benzene rings is 2. The molecule has 118 valence electrons. The Morgan fingerprint density at radius 2 is 1.65 bits per heavy atom. The highest BCUT2D eigenvalue weighted by Gasteiger charge is 2.33. The minimum Gasteiger partial charge on any atom is -0.253 e. The third-order valence-corrected chi connectivity index (χ3v) is 3.44. The van der Waals surface area contributed by atoms with Crippen molar-refractivity contribution in [3.8, 4) is 0 Å². The van der Waals surface area contributed by atoms with E-state index in [0.717, 1.165) is 22.8 Å². The number of hydrogen-bond donors (Lipinski definition) is 0. The number of halogens is 3. The van der Waals surface area contributed by atoms with Crippen LogP contribution in [0.4, 0.5) is 18.9 Å². The van der Waals surface area contributed by atoms with Crippen molar-refractivity contribution in [1.82, 2.24) is 0 Å². The Bertz CT molecular complexity index is 770. The third kappa shape index (κ3) is 3.77. The third-order valence-electron chi connectivity index (χ3n) is 3.44.